The molecule has 2 aliphatic rings. The molecule has 1 aromatic rings. The molecule has 0 spiro atoms. The summed E-state index contributed by atoms with van der Waals surface area (Å²) in [5.41, 5.74) is 5.96. The fourth-order valence-corrected chi connectivity index (χ4v) is 4.52. The second-order valence-corrected chi connectivity index (χ2v) is 10.5. The van der Waals surface area contributed by atoms with Crippen LogP contribution < -0.4 is 4.74 Å². The van der Waals surface area contributed by atoms with Gasteiger partial charge in [0, 0.05) is 18.1 Å². The van der Waals surface area contributed by atoms with E-state index in [4.69, 9.17) is 9.84 Å². The van der Waals surface area contributed by atoms with Crippen LogP contribution in [0.3, 0.4) is 0 Å². The van der Waals surface area contributed by atoms with Crippen LogP contribution in [0.25, 0.3) is 5.57 Å². The molecule has 0 fully saturated rings. The van der Waals surface area contributed by atoms with Crippen molar-refractivity contribution in [2.24, 2.45) is 0 Å². The van der Waals surface area contributed by atoms with E-state index in [0.717, 1.165) is 12.2 Å². The maximum Gasteiger partial charge on any atom is 0.328 e. The van der Waals surface area contributed by atoms with Gasteiger partial charge >= 0.3 is 5.97 Å². The predicted octanol–water partition coefficient (Wildman–Crippen LogP) is 6.57. The van der Waals surface area contributed by atoms with Gasteiger partial charge in [0.1, 0.15) is 11.4 Å². The van der Waals surface area contributed by atoms with Crippen LogP contribution in [0.4, 0.5) is 0 Å². The normalized spacial score (nSPS) is 23.4. The van der Waals surface area contributed by atoms with Gasteiger partial charge in [-0.25, -0.2) is 4.79 Å². The molecule has 0 saturated heterocycles. The molecule has 1 aromatic carbocycles. The van der Waals surface area contributed by atoms with Gasteiger partial charge in [0.25, 0.3) is 0 Å². The number of aliphatic carboxylic acids is 1. The van der Waals surface area contributed by atoms with E-state index in [1.807, 2.05) is 12.2 Å². The first-order chi connectivity index (χ1) is 13.3. The standard InChI is InChI=1S/C26H34O3/c1-17(13-23(27)28)9-8-10-18-16-26(6,7)29-22-15-21-20(14-19(18)22)24(2,3)11-12-25(21,4)5/h8-10,13-15H,11-12,16H2,1-7H3,(H,27,28)/b9-8+,17-13+,18-10+. The molecule has 156 valence electrons. The molecule has 1 heterocycles. The van der Waals surface area contributed by atoms with Crippen molar-refractivity contribution in [1.29, 1.82) is 0 Å². The Kier molecular flexibility index (Phi) is 5.31. The number of fused-ring (bicyclic) bond motifs is 2. The minimum atomic E-state index is -0.922. The zero-order valence-electron chi connectivity index (χ0n) is 18.8. The summed E-state index contributed by atoms with van der Waals surface area (Å²) in [4.78, 5) is 10.8. The van der Waals surface area contributed by atoms with Gasteiger partial charge in [-0.3, -0.25) is 0 Å². The number of ether oxygens (including phenoxy) is 1. The van der Waals surface area contributed by atoms with E-state index in [1.165, 1.54) is 41.2 Å². The number of hydrogen-bond acceptors (Lipinski definition) is 2. The van der Waals surface area contributed by atoms with E-state index in [9.17, 15) is 4.79 Å². The van der Waals surface area contributed by atoms with Crippen molar-refractivity contribution in [2.75, 3.05) is 0 Å². The lowest BCUT2D eigenvalue weighted by Gasteiger charge is -2.44. The van der Waals surface area contributed by atoms with E-state index in [2.05, 4.69) is 59.8 Å². The molecule has 0 bridgehead atoms. The average Bonchev–Trinajstić information content (AvgIpc) is 2.56. The summed E-state index contributed by atoms with van der Waals surface area (Å²) in [5.74, 6) is 0.0389. The number of carbonyl (C=O) groups is 1. The molecule has 1 N–H and O–H groups in total. The third-order valence-corrected chi connectivity index (χ3v) is 6.31. The minimum Gasteiger partial charge on any atom is -0.487 e. The van der Waals surface area contributed by atoms with Gasteiger partial charge in [-0.05, 0) is 78.8 Å². The lowest BCUT2D eigenvalue weighted by atomic mass is 9.62. The highest BCUT2D eigenvalue weighted by molar-refractivity contribution is 5.81. The number of carboxylic acid groups (broad SMARTS) is 1. The highest BCUT2D eigenvalue weighted by Gasteiger charge is 2.40. The number of allylic oxidation sites excluding steroid dienone is 4. The Bertz CT molecular complexity index is 924. The van der Waals surface area contributed by atoms with Crippen molar-refractivity contribution in [3.05, 3.63) is 58.7 Å². The third-order valence-electron chi connectivity index (χ3n) is 6.31. The molecule has 3 rings (SSSR count). The third kappa shape index (κ3) is 4.49. The van der Waals surface area contributed by atoms with Crippen molar-refractivity contribution in [3.8, 4) is 5.75 Å². The summed E-state index contributed by atoms with van der Waals surface area (Å²) in [6, 6.07) is 4.63. The second kappa shape index (κ2) is 7.19. The summed E-state index contributed by atoms with van der Waals surface area (Å²) in [6.07, 6.45) is 10.3. The molecule has 0 unspecified atom stereocenters. The molecule has 29 heavy (non-hydrogen) atoms. The Labute approximate surface area is 175 Å². The summed E-state index contributed by atoms with van der Waals surface area (Å²) < 4.78 is 6.40. The summed E-state index contributed by atoms with van der Waals surface area (Å²) >= 11 is 0. The van der Waals surface area contributed by atoms with Gasteiger partial charge in [0.2, 0.25) is 0 Å². The number of rotatable bonds is 3. The molecule has 3 heteroatoms. The smallest absolute Gasteiger partial charge is 0.328 e. The van der Waals surface area contributed by atoms with Crippen LogP contribution in [-0.4, -0.2) is 16.7 Å². The van der Waals surface area contributed by atoms with Crippen molar-refractivity contribution < 1.29 is 14.6 Å². The summed E-state index contributed by atoms with van der Waals surface area (Å²) in [5, 5.41) is 8.89. The van der Waals surface area contributed by atoms with Gasteiger partial charge in [0.05, 0.1) is 0 Å². The first-order valence-corrected chi connectivity index (χ1v) is 10.5. The zero-order valence-corrected chi connectivity index (χ0v) is 18.8. The molecule has 0 saturated carbocycles. The highest BCUT2D eigenvalue weighted by atomic mass is 16.5. The van der Waals surface area contributed by atoms with Crippen molar-refractivity contribution in [1.82, 2.24) is 0 Å². The Morgan fingerprint density at radius 2 is 1.62 bits per heavy atom. The van der Waals surface area contributed by atoms with Crippen LogP contribution in [0.1, 0.15) is 84.4 Å². The van der Waals surface area contributed by atoms with Gasteiger partial charge in [-0.2, -0.15) is 0 Å². The molecule has 0 amide bonds. The topological polar surface area (TPSA) is 46.5 Å². The van der Waals surface area contributed by atoms with Gasteiger partial charge < -0.3 is 9.84 Å². The van der Waals surface area contributed by atoms with Crippen molar-refractivity contribution in [2.45, 2.75) is 84.2 Å². The Balaban J connectivity index is 2.11. The Morgan fingerprint density at radius 3 is 2.21 bits per heavy atom. The van der Waals surface area contributed by atoms with Crippen LogP contribution >= 0.6 is 0 Å². The van der Waals surface area contributed by atoms with E-state index >= 15 is 0 Å². The van der Waals surface area contributed by atoms with E-state index in [1.54, 1.807) is 6.92 Å². The Morgan fingerprint density at radius 1 is 1.03 bits per heavy atom. The monoisotopic (exact) mass is 394 g/mol. The maximum absolute atomic E-state index is 10.8. The highest BCUT2D eigenvalue weighted by Crippen LogP contribution is 2.50. The van der Waals surface area contributed by atoms with Gasteiger partial charge in [-0.15, -0.1) is 0 Å². The largest absolute Gasteiger partial charge is 0.487 e. The maximum atomic E-state index is 10.8. The molecule has 1 aliphatic carbocycles. The molecular formula is C26H34O3. The predicted molar refractivity (Wildman–Crippen MR) is 120 cm³/mol. The fourth-order valence-electron chi connectivity index (χ4n) is 4.52. The van der Waals surface area contributed by atoms with Crippen molar-refractivity contribution in [3.63, 3.8) is 0 Å². The van der Waals surface area contributed by atoms with Crippen LogP contribution in [0.2, 0.25) is 0 Å². The van der Waals surface area contributed by atoms with Crippen molar-refractivity contribution >= 4 is 11.5 Å². The van der Waals surface area contributed by atoms with Crippen LogP contribution in [0.15, 0.2) is 42.0 Å². The van der Waals surface area contributed by atoms with Crippen LogP contribution in [-0.2, 0) is 15.6 Å². The first kappa shape index (κ1) is 21.4. The lowest BCUT2D eigenvalue weighted by molar-refractivity contribution is -0.131. The van der Waals surface area contributed by atoms with Gasteiger partial charge in [0.15, 0.2) is 0 Å². The first-order valence-electron chi connectivity index (χ1n) is 10.5. The second-order valence-electron chi connectivity index (χ2n) is 10.5. The zero-order chi connectivity index (χ0) is 21.6. The Hall–Kier alpha value is -2.29. The molecule has 0 radical (unpaired) electrons. The number of carboxylic acids is 1. The molecule has 3 nitrogen and oxygen atoms in total. The van der Waals surface area contributed by atoms with E-state index in [0.29, 0.717) is 5.57 Å². The molecule has 0 aromatic heterocycles. The fraction of sp³-hybridized carbons (Fsp3) is 0.500. The van der Waals surface area contributed by atoms with E-state index in [-0.39, 0.29) is 16.4 Å². The number of benzene rings is 1. The molecule has 0 atom stereocenters. The lowest BCUT2D eigenvalue weighted by Crippen LogP contribution is -2.36. The number of hydrogen-bond donors (Lipinski definition) is 1. The van der Waals surface area contributed by atoms with Gasteiger partial charge in [-0.1, -0.05) is 45.9 Å². The SMILES string of the molecule is CC(/C=C/C=C1\CC(C)(C)Oc2cc3c(cc21)C(C)(C)CCC3(C)C)=C\C(=O)O. The molecule has 1 aliphatic heterocycles. The minimum absolute atomic E-state index is 0.146. The quantitative estimate of drug-likeness (QED) is 0.466. The summed E-state index contributed by atoms with van der Waals surface area (Å²) in [6.45, 7) is 15.4. The molecular weight excluding hydrogens is 360 g/mol. The van der Waals surface area contributed by atoms with Crippen LogP contribution in [0, 0.1) is 0 Å². The van der Waals surface area contributed by atoms with E-state index < -0.39 is 5.97 Å². The summed E-state index contributed by atoms with van der Waals surface area (Å²) in [7, 11) is 0. The average molecular weight is 395 g/mol. The van der Waals surface area contributed by atoms with Crippen LogP contribution in [0.5, 0.6) is 5.75 Å².